The minimum Gasteiger partial charge on any atom is -0.497 e. The first-order valence-corrected chi connectivity index (χ1v) is 12.9. The van der Waals surface area contributed by atoms with Crippen molar-refractivity contribution >= 4 is 29.3 Å². The first-order chi connectivity index (χ1) is 17.9. The van der Waals surface area contributed by atoms with Crippen molar-refractivity contribution in [3.8, 4) is 11.5 Å². The Labute approximate surface area is 218 Å². The highest BCUT2D eigenvalue weighted by molar-refractivity contribution is 7.07. The second-order valence-corrected chi connectivity index (χ2v) is 9.27. The molecule has 4 rings (SSSR count). The summed E-state index contributed by atoms with van der Waals surface area (Å²) in [4.78, 5) is 34.1. The van der Waals surface area contributed by atoms with Crippen LogP contribution in [0.15, 0.2) is 55.8 Å². The number of thiazole rings is 1. The number of nitrogens with zero attached hydrogens (tertiary/aromatic N) is 3. The lowest BCUT2D eigenvalue weighted by Crippen LogP contribution is -2.40. The van der Waals surface area contributed by atoms with Gasteiger partial charge in [0.2, 0.25) is 0 Å². The number of carbonyl (C=O) groups excluding carboxylic acids is 1. The van der Waals surface area contributed by atoms with Crippen LogP contribution in [-0.2, 0) is 9.53 Å². The summed E-state index contributed by atoms with van der Waals surface area (Å²) in [5.74, 6) is 1.84. The maximum Gasteiger partial charge on any atom is 0.338 e. The Morgan fingerprint density at radius 2 is 1.92 bits per heavy atom. The van der Waals surface area contributed by atoms with Gasteiger partial charge in [-0.05, 0) is 45.9 Å². The minimum atomic E-state index is -0.791. The van der Waals surface area contributed by atoms with Gasteiger partial charge in [-0.15, -0.1) is 0 Å². The smallest absolute Gasteiger partial charge is 0.338 e. The summed E-state index contributed by atoms with van der Waals surface area (Å²) >= 11 is 1.24. The topological polar surface area (TPSA) is 95.5 Å². The number of esters is 1. The van der Waals surface area contributed by atoms with E-state index in [1.165, 1.54) is 23.0 Å². The first-order valence-electron chi connectivity index (χ1n) is 12.1. The van der Waals surface area contributed by atoms with Gasteiger partial charge in [0.15, 0.2) is 10.7 Å². The van der Waals surface area contributed by atoms with Gasteiger partial charge in [0, 0.05) is 36.9 Å². The van der Waals surface area contributed by atoms with Crippen molar-refractivity contribution in [2.24, 2.45) is 4.99 Å². The van der Waals surface area contributed by atoms with E-state index in [1.807, 2.05) is 12.1 Å². The number of carbonyl (C=O) groups is 1. The summed E-state index contributed by atoms with van der Waals surface area (Å²) in [6.07, 6.45) is 1.71. The Morgan fingerprint density at radius 1 is 1.16 bits per heavy atom. The molecule has 0 spiro atoms. The molecule has 2 aromatic heterocycles. The van der Waals surface area contributed by atoms with Gasteiger partial charge in [0.1, 0.15) is 23.3 Å². The zero-order chi connectivity index (χ0) is 26.7. The molecular weight excluding hydrogens is 494 g/mol. The Balaban J connectivity index is 1.92. The van der Waals surface area contributed by atoms with Gasteiger partial charge in [-0.1, -0.05) is 11.3 Å². The number of anilines is 1. The fraction of sp³-hybridized carbons (Fsp3) is 0.370. The highest BCUT2D eigenvalue weighted by Gasteiger charge is 2.35. The van der Waals surface area contributed by atoms with Crippen molar-refractivity contribution in [3.05, 3.63) is 72.6 Å². The third-order valence-corrected chi connectivity index (χ3v) is 7.20. The van der Waals surface area contributed by atoms with Gasteiger partial charge >= 0.3 is 5.97 Å². The number of hydrogen-bond donors (Lipinski definition) is 0. The predicted octanol–water partition coefficient (Wildman–Crippen LogP) is 3.25. The zero-order valence-electron chi connectivity index (χ0n) is 21.9. The van der Waals surface area contributed by atoms with Crippen molar-refractivity contribution in [3.63, 3.8) is 0 Å². The number of fused-ring (bicyclic) bond motifs is 1. The van der Waals surface area contributed by atoms with Gasteiger partial charge in [-0.25, -0.2) is 9.79 Å². The minimum absolute atomic E-state index is 0.194. The Morgan fingerprint density at radius 3 is 2.57 bits per heavy atom. The molecule has 3 aromatic rings. The standard InChI is InChI=1S/C27H31N3O6S/c1-7-29(8-2)22-13-11-18(36-22)15-21-25(31)30-24(19-12-10-17(33-5)14-20(19)34-6)23(26(32)35-9-3)16(4)28-27(30)37-21/h10-15,24H,7-9H2,1-6H3/b21-15+/t24-/m0/s1. The second-order valence-electron chi connectivity index (χ2n) is 8.26. The Bertz CT molecular complexity index is 1510. The molecule has 0 aliphatic carbocycles. The largest absolute Gasteiger partial charge is 0.497 e. The maximum atomic E-state index is 13.8. The number of ether oxygens (including phenoxy) is 3. The molecule has 1 atom stereocenters. The van der Waals surface area contributed by atoms with Crippen LogP contribution in [-0.4, -0.2) is 44.5 Å². The zero-order valence-corrected chi connectivity index (χ0v) is 22.7. The molecule has 37 heavy (non-hydrogen) atoms. The highest BCUT2D eigenvalue weighted by atomic mass is 32.1. The lowest BCUT2D eigenvalue weighted by atomic mass is 9.95. The highest BCUT2D eigenvalue weighted by Crippen LogP contribution is 2.37. The van der Waals surface area contributed by atoms with E-state index in [4.69, 9.17) is 18.6 Å². The van der Waals surface area contributed by atoms with E-state index in [-0.39, 0.29) is 17.7 Å². The Kier molecular flexibility index (Phi) is 7.87. The first kappa shape index (κ1) is 26.3. The molecule has 10 heteroatoms. The van der Waals surface area contributed by atoms with Crippen LogP contribution in [0.4, 0.5) is 5.88 Å². The van der Waals surface area contributed by atoms with Crippen LogP contribution < -0.4 is 29.3 Å². The molecular formula is C27H31N3O6S. The number of hydrogen-bond acceptors (Lipinski definition) is 9. The normalized spacial score (nSPS) is 15.3. The van der Waals surface area contributed by atoms with Gasteiger partial charge in [-0.3, -0.25) is 9.36 Å². The molecule has 0 amide bonds. The molecule has 0 fully saturated rings. The van der Waals surface area contributed by atoms with E-state index < -0.39 is 12.0 Å². The molecule has 1 aliphatic rings. The number of aromatic nitrogens is 1. The van der Waals surface area contributed by atoms with Crippen molar-refractivity contribution in [1.29, 1.82) is 0 Å². The molecule has 1 aliphatic heterocycles. The summed E-state index contributed by atoms with van der Waals surface area (Å²) in [6, 6.07) is 8.22. The number of benzene rings is 1. The molecule has 0 saturated heterocycles. The van der Waals surface area contributed by atoms with Crippen molar-refractivity contribution in [1.82, 2.24) is 4.57 Å². The maximum absolute atomic E-state index is 13.8. The molecule has 3 heterocycles. The molecule has 9 nitrogen and oxygen atoms in total. The molecule has 0 N–H and O–H groups in total. The van der Waals surface area contributed by atoms with E-state index in [2.05, 4.69) is 23.7 Å². The van der Waals surface area contributed by atoms with Crippen LogP contribution >= 0.6 is 11.3 Å². The van der Waals surface area contributed by atoms with Crippen molar-refractivity contribution in [2.45, 2.75) is 33.7 Å². The number of methoxy groups -OCH3 is 2. The van der Waals surface area contributed by atoms with E-state index >= 15 is 0 Å². The molecule has 0 bridgehead atoms. The SMILES string of the molecule is CCOC(=O)C1=C(C)N=c2s/c(=C/c3ccc(N(CC)CC)o3)c(=O)n2[C@H]1c1ccc(OC)cc1OC. The van der Waals surface area contributed by atoms with E-state index in [1.54, 1.807) is 45.2 Å². The molecule has 0 unspecified atom stereocenters. The summed E-state index contributed by atoms with van der Waals surface area (Å²) < 4.78 is 24.3. The van der Waals surface area contributed by atoms with Gasteiger partial charge < -0.3 is 23.5 Å². The summed E-state index contributed by atoms with van der Waals surface area (Å²) in [5, 5.41) is 0. The van der Waals surface area contributed by atoms with E-state index in [0.29, 0.717) is 37.9 Å². The molecule has 0 radical (unpaired) electrons. The van der Waals surface area contributed by atoms with Crippen molar-refractivity contribution in [2.75, 3.05) is 38.8 Å². The third kappa shape index (κ3) is 4.93. The lowest BCUT2D eigenvalue weighted by molar-refractivity contribution is -0.139. The fourth-order valence-electron chi connectivity index (χ4n) is 4.38. The number of furan rings is 1. The Hall–Kier alpha value is -3.79. The molecule has 196 valence electrons. The third-order valence-electron chi connectivity index (χ3n) is 6.21. The molecule has 0 saturated carbocycles. The monoisotopic (exact) mass is 525 g/mol. The predicted molar refractivity (Wildman–Crippen MR) is 142 cm³/mol. The van der Waals surface area contributed by atoms with Gasteiger partial charge in [0.05, 0.1) is 36.6 Å². The van der Waals surface area contributed by atoms with Crippen molar-refractivity contribution < 1.29 is 23.4 Å². The van der Waals surface area contributed by atoms with E-state index in [9.17, 15) is 9.59 Å². The quantitative estimate of drug-likeness (QED) is 0.396. The fourth-order valence-corrected chi connectivity index (χ4v) is 5.41. The second kappa shape index (κ2) is 11.1. The van der Waals surface area contributed by atoms with Crippen LogP contribution in [0.5, 0.6) is 11.5 Å². The summed E-state index contributed by atoms with van der Waals surface area (Å²) in [7, 11) is 3.10. The average Bonchev–Trinajstić information content (AvgIpc) is 3.48. The molecule has 1 aromatic carbocycles. The summed E-state index contributed by atoms with van der Waals surface area (Å²) in [6.45, 7) is 9.41. The van der Waals surface area contributed by atoms with Gasteiger partial charge in [0.25, 0.3) is 5.56 Å². The number of rotatable bonds is 9. The van der Waals surface area contributed by atoms with Crippen LogP contribution in [0.2, 0.25) is 0 Å². The average molecular weight is 526 g/mol. The van der Waals surface area contributed by atoms with Crippen LogP contribution in [0.3, 0.4) is 0 Å². The van der Waals surface area contributed by atoms with E-state index in [0.717, 1.165) is 19.0 Å². The van der Waals surface area contributed by atoms with Crippen LogP contribution in [0.25, 0.3) is 6.08 Å². The summed E-state index contributed by atoms with van der Waals surface area (Å²) in [5.41, 5.74) is 1.10. The van der Waals surface area contributed by atoms with Crippen LogP contribution in [0, 0.1) is 0 Å². The van der Waals surface area contributed by atoms with Crippen LogP contribution in [0.1, 0.15) is 45.1 Å². The van der Waals surface area contributed by atoms with Gasteiger partial charge in [-0.2, -0.15) is 0 Å². The number of allylic oxidation sites excluding steroid dienone is 1. The lowest BCUT2D eigenvalue weighted by Gasteiger charge is -2.26.